The number of carbonyl (C=O) groups is 2. The number of hydrogen-bond acceptors (Lipinski definition) is 11. The average Bonchev–Trinajstić information content (AvgIpc) is 2.68. The van der Waals surface area contributed by atoms with E-state index in [0.717, 1.165) is 18.1 Å². The number of hydrogen-bond donors (Lipinski definition) is 1. The molecule has 0 aliphatic rings. The number of nitrogens with one attached hydrogen (secondary N) is 1. The molecule has 0 saturated carbocycles. The lowest BCUT2D eigenvalue weighted by atomic mass is 9.98. The van der Waals surface area contributed by atoms with E-state index in [-0.39, 0.29) is 39.1 Å². The van der Waals surface area contributed by atoms with Gasteiger partial charge in [-0.1, -0.05) is 17.7 Å². The first-order valence-corrected chi connectivity index (χ1v) is 16.4. The number of nitrogens with zero attached hydrogens (tertiary/aromatic N) is 1. The standard InChI is InChI=1S/C26H44N2O10S2/c1-19-10-11-22(28(12-14-35-39(8,31)32)13-15-36-40(9,33)34)20(16-19)17-21(18-23(29)37-25(2,3)4)27-24(30)38-26(5,6)7/h10-11,16,21H,12-15,17-18H2,1-9H3,(H,27,30)/t21-/m0/s1. The van der Waals surface area contributed by atoms with Gasteiger partial charge in [-0.3, -0.25) is 13.2 Å². The van der Waals surface area contributed by atoms with Crippen molar-refractivity contribution in [2.75, 3.05) is 43.7 Å². The van der Waals surface area contributed by atoms with Crippen LogP contribution in [0.1, 0.15) is 59.1 Å². The van der Waals surface area contributed by atoms with Crippen LogP contribution in [0.4, 0.5) is 10.5 Å². The van der Waals surface area contributed by atoms with Gasteiger partial charge < -0.3 is 19.7 Å². The summed E-state index contributed by atoms with van der Waals surface area (Å²) in [6.45, 7) is 12.1. The molecule has 0 aromatic heterocycles. The van der Waals surface area contributed by atoms with Crippen LogP contribution < -0.4 is 10.2 Å². The molecule has 12 nitrogen and oxygen atoms in total. The van der Waals surface area contributed by atoms with Gasteiger partial charge in [0.15, 0.2) is 0 Å². The number of aryl methyl sites for hydroxylation is 1. The Labute approximate surface area is 238 Å². The number of benzene rings is 1. The van der Waals surface area contributed by atoms with Crippen LogP contribution in [0.5, 0.6) is 0 Å². The van der Waals surface area contributed by atoms with Crippen molar-refractivity contribution in [2.24, 2.45) is 0 Å². The predicted octanol–water partition coefficient (Wildman–Crippen LogP) is 2.92. The van der Waals surface area contributed by atoms with Crippen molar-refractivity contribution < 1.29 is 44.3 Å². The zero-order valence-corrected chi connectivity index (χ0v) is 26.5. The Kier molecular flexibility index (Phi) is 12.9. The minimum Gasteiger partial charge on any atom is -0.460 e. The van der Waals surface area contributed by atoms with Crippen LogP contribution in [0.2, 0.25) is 0 Å². The molecule has 1 rings (SSSR count). The molecule has 1 aromatic rings. The Balaban J connectivity index is 3.36. The zero-order chi connectivity index (χ0) is 30.9. The van der Waals surface area contributed by atoms with Crippen LogP contribution in [0.25, 0.3) is 0 Å². The quantitative estimate of drug-likeness (QED) is 0.245. The van der Waals surface area contributed by atoms with E-state index in [1.54, 1.807) is 52.5 Å². The maximum Gasteiger partial charge on any atom is 0.407 e. The molecule has 0 fully saturated rings. The number of ether oxygens (including phenoxy) is 2. The van der Waals surface area contributed by atoms with Gasteiger partial charge in [-0.25, -0.2) is 4.79 Å². The highest BCUT2D eigenvalue weighted by Gasteiger charge is 2.26. The van der Waals surface area contributed by atoms with E-state index in [9.17, 15) is 26.4 Å². The monoisotopic (exact) mass is 608 g/mol. The Morgan fingerprint density at radius 2 is 1.38 bits per heavy atom. The molecule has 0 heterocycles. The number of carbonyl (C=O) groups excluding carboxylic acids is 2. The molecule has 0 aliphatic carbocycles. The maximum atomic E-state index is 12.7. The summed E-state index contributed by atoms with van der Waals surface area (Å²) < 4.78 is 66.7. The fraction of sp³-hybridized carbons (Fsp3) is 0.692. The molecule has 1 atom stereocenters. The largest absolute Gasteiger partial charge is 0.460 e. The van der Waals surface area contributed by atoms with Crippen molar-refractivity contribution in [3.05, 3.63) is 29.3 Å². The third-order valence-corrected chi connectivity index (χ3v) is 6.10. The van der Waals surface area contributed by atoms with Crippen molar-refractivity contribution in [2.45, 2.75) is 78.6 Å². The second-order valence-electron chi connectivity index (χ2n) is 11.5. The normalized spacial score (nSPS) is 13.4. The first-order chi connectivity index (χ1) is 18.0. The number of anilines is 1. The second kappa shape index (κ2) is 14.5. The Morgan fingerprint density at radius 3 is 1.82 bits per heavy atom. The van der Waals surface area contributed by atoms with Crippen molar-refractivity contribution in [1.29, 1.82) is 0 Å². The number of rotatable bonds is 14. The van der Waals surface area contributed by atoms with Gasteiger partial charge in [0.25, 0.3) is 20.2 Å². The van der Waals surface area contributed by atoms with Crippen LogP contribution in [0.3, 0.4) is 0 Å². The number of amides is 1. The van der Waals surface area contributed by atoms with Gasteiger partial charge in [0, 0.05) is 24.8 Å². The minimum atomic E-state index is -3.71. The van der Waals surface area contributed by atoms with E-state index in [1.165, 1.54) is 0 Å². The smallest absolute Gasteiger partial charge is 0.407 e. The lowest BCUT2D eigenvalue weighted by Crippen LogP contribution is -2.42. The second-order valence-corrected chi connectivity index (χ2v) is 14.8. The fourth-order valence-corrected chi connectivity index (χ4v) is 4.39. The van der Waals surface area contributed by atoms with E-state index >= 15 is 0 Å². The van der Waals surface area contributed by atoms with Gasteiger partial charge in [0.2, 0.25) is 0 Å². The molecule has 1 aromatic carbocycles. The van der Waals surface area contributed by atoms with E-state index in [0.29, 0.717) is 11.3 Å². The molecule has 14 heteroatoms. The lowest BCUT2D eigenvalue weighted by Gasteiger charge is -2.29. The lowest BCUT2D eigenvalue weighted by molar-refractivity contribution is -0.155. The highest BCUT2D eigenvalue weighted by molar-refractivity contribution is 7.86. The third-order valence-electron chi connectivity index (χ3n) is 4.91. The van der Waals surface area contributed by atoms with Crippen molar-refractivity contribution in [3.8, 4) is 0 Å². The van der Waals surface area contributed by atoms with E-state index in [1.807, 2.05) is 19.1 Å². The first kappa shape index (κ1) is 35.6. The van der Waals surface area contributed by atoms with Gasteiger partial charge in [-0.15, -0.1) is 0 Å². The Morgan fingerprint density at radius 1 is 0.875 bits per heavy atom. The summed E-state index contributed by atoms with van der Waals surface area (Å²) in [5.74, 6) is -0.511. The molecule has 0 bridgehead atoms. The summed E-state index contributed by atoms with van der Waals surface area (Å²) in [4.78, 5) is 27.1. The van der Waals surface area contributed by atoms with Crippen LogP contribution in [0, 0.1) is 6.92 Å². The summed E-state index contributed by atoms with van der Waals surface area (Å²) in [7, 11) is -7.41. The van der Waals surface area contributed by atoms with E-state index < -0.39 is 49.5 Å². The Bertz CT molecular complexity index is 1150. The molecule has 0 spiro atoms. The molecule has 0 radical (unpaired) electrons. The predicted molar refractivity (Wildman–Crippen MR) is 152 cm³/mol. The highest BCUT2D eigenvalue weighted by atomic mass is 32.2. The molecule has 0 unspecified atom stereocenters. The van der Waals surface area contributed by atoms with Crippen molar-refractivity contribution >= 4 is 38.0 Å². The van der Waals surface area contributed by atoms with Crippen LogP contribution in [-0.2, 0) is 49.3 Å². The Hall–Kier alpha value is -2.42. The highest BCUT2D eigenvalue weighted by Crippen LogP contribution is 2.25. The SMILES string of the molecule is Cc1ccc(N(CCOS(C)(=O)=O)CCOS(C)(=O)=O)c(C[C@@H](CC(=O)OC(C)(C)C)NC(=O)OC(C)(C)C)c1. The van der Waals surface area contributed by atoms with Crippen LogP contribution >= 0.6 is 0 Å². The van der Waals surface area contributed by atoms with Gasteiger partial charge in [-0.2, -0.15) is 16.8 Å². The maximum absolute atomic E-state index is 12.7. The molecule has 230 valence electrons. The number of esters is 1. The van der Waals surface area contributed by atoms with Gasteiger partial charge in [0.1, 0.15) is 11.2 Å². The van der Waals surface area contributed by atoms with E-state index in [2.05, 4.69) is 5.32 Å². The molecule has 0 saturated heterocycles. The third kappa shape index (κ3) is 16.6. The topological polar surface area (TPSA) is 155 Å². The number of alkyl carbamates (subject to hydrolysis) is 1. The van der Waals surface area contributed by atoms with Gasteiger partial charge >= 0.3 is 12.1 Å². The fourth-order valence-electron chi connectivity index (χ4n) is 3.63. The zero-order valence-electron chi connectivity index (χ0n) is 24.9. The van der Waals surface area contributed by atoms with Crippen molar-refractivity contribution in [3.63, 3.8) is 0 Å². The van der Waals surface area contributed by atoms with Crippen molar-refractivity contribution in [1.82, 2.24) is 5.32 Å². The molecule has 40 heavy (non-hydrogen) atoms. The van der Waals surface area contributed by atoms with Crippen LogP contribution in [-0.4, -0.2) is 85.0 Å². The summed E-state index contributed by atoms with van der Waals surface area (Å²) in [6, 6.07) is 4.79. The van der Waals surface area contributed by atoms with Gasteiger partial charge in [-0.05, 0) is 66.5 Å². The van der Waals surface area contributed by atoms with E-state index in [4.69, 9.17) is 17.8 Å². The molecular weight excluding hydrogens is 564 g/mol. The molecule has 1 amide bonds. The minimum absolute atomic E-state index is 0.0898. The first-order valence-electron chi connectivity index (χ1n) is 12.8. The molecule has 0 aliphatic heterocycles. The summed E-state index contributed by atoms with van der Waals surface area (Å²) in [5, 5.41) is 2.76. The molecule has 1 N–H and O–H groups in total. The summed E-state index contributed by atoms with van der Waals surface area (Å²) in [6.07, 6.45) is 1.22. The average molecular weight is 609 g/mol. The van der Waals surface area contributed by atoms with Gasteiger partial charge in [0.05, 0.1) is 32.1 Å². The summed E-state index contributed by atoms with van der Waals surface area (Å²) in [5.41, 5.74) is 0.749. The summed E-state index contributed by atoms with van der Waals surface area (Å²) >= 11 is 0. The van der Waals surface area contributed by atoms with Crippen LogP contribution in [0.15, 0.2) is 18.2 Å². The molecular formula is C26H44N2O10S2.